The molecule has 13 heteroatoms. The Bertz CT molecular complexity index is 1480. The third-order valence-electron chi connectivity index (χ3n) is 4.82. The Balaban J connectivity index is 1.85. The molecule has 0 fully saturated rings. The summed E-state index contributed by atoms with van der Waals surface area (Å²) in [6, 6.07) is 16.4. The van der Waals surface area contributed by atoms with Crippen molar-refractivity contribution in [2.75, 3.05) is 29.1 Å². The number of aryl methyl sites for hydroxylation is 1. The van der Waals surface area contributed by atoms with E-state index in [4.69, 9.17) is 10.5 Å². The Labute approximate surface area is 215 Å². The Morgan fingerprint density at radius 2 is 1.78 bits per heavy atom. The van der Waals surface area contributed by atoms with Crippen molar-refractivity contribution in [1.82, 2.24) is 4.98 Å². The molecule has 0 aliphatic carbocycles. The van der Waals surface area contributed by atoms with Crippen LogP contribution in [0, 0.1) is 22.7 Å². The number of thioether (sulfide) groups is 1. The van der Waals surface area contributed by atoms with Gasteiger partial charge in [-0.2, -0.15) is 23.7 Å². The van der Waals surface area contributed by atoms with Crippen LogP contribution in [-0.4, -0.2) is 38.2 Å². The number of halogens is 3. The van der Waals surface area contributed by atoms with E-state index in [2.05, 4.69) is 15.8 Å². The van der Waals surface area contributed by atoms with Gasteiger partial charge < -0.3 is 10.5 Å². The van der Waals surface area contributed by atoms with Crippen LogP contribution in [0.5, 0.6) is 5.75 Å². The average Bonchev–Trinajstić information content (AvgIpc) is 2.81. The molecule has 3 aromatic rings. The fourth-order valence-corrected chi connectivity index (χ4v) is 4.89. The lowest BCUT2D eigenvalue weighted by Crippen LogP contribution is -2.19. The zero-order valence-electron chi connectivity index (χ0n) is 19.3. The van der Waals surface area contributed by atoms with Gasteiger partial charge in [0.25, 0.3) is 0 Å². The summed E-state index contributed by atoms with van der Waals surface area (Å²) in [7, 11) is -3.42. The highest BCUT2D eigenvalue weighted by molar-refractivity contribution is 7.99. The SMILES string of the molecule is CS(=O)(=O)Nc1cccc(CCSc2nc(N)c(C#N)c(-c3ccc(OCC(F)(F)F)cc3)c2C#N)c1. The molecule has 0 amide bonds. The summed E-state index contributed by atoms with van der Waals surface area (Å²) in [5.74, 6) is 0.344. The number of pyridine rings is 1. The first-order chi connectivity index (χ1) is 17.4. The molecule has 3 N–H and O–H groups in total. The minimum Gasteiger partial charge on any atom is -0.484 e. The van der Waals surface area contributed by atoms with Gasteiger partial charge in [0.15, 0.2) is 6.61 Å². The molecule has 0 bridgehead atoms. The van der Waals surface area contributed by atoms with Crippen LogP contribution >= 0.6 is 11.8 Å². The number of nitrogens with two attached hydrogens (primary N) is 1. The second-order valence-corrected chi connectivity index (χ2v) is 10.6. The van der Waals surface area contributed by atoms with Crippen molar-refractivity contribution in [3.8, 4) is 29.0 Å². The maximum atomic E-state index is 12.4. The average molecular weight is 548 g/mol. The quantitative estimate of drug-likeness (QED) is 0.367. The molecule has 0 aliphatic rings. The molecular weight excluding hydrogens is 527 g/mol. The first-order valence-corrected chi connectivity index (χ1v) is 13.4. The lowest BCUT2D eigenvalue weighted by Gasteiger charge is -2.14. The summed E-state index contributed by atoms with van der Waals surface area (Å²) in [5, 5.41) is 19.8. The van der Waals surface area contributed by atoms with Crippen LogP contribution in [0.25, 0.3) is 11.1 Å². The molecule has 0 atom stereocenters. The fourth-order valence-electron chi connectivity index (χ4n) is 3.34. The monoisotopic (exact) mass is 547 g/mol. The summed E-state index contributed by atoms with van der Waals surface area (Å²) in [6.07, 6.45) is -2.92. The van der Waals surface area contributed by atoms with Crippen LogP contribution in [0.1, 0.15) is 16.7 Å². The number of hydrogen-bond donors (Lipinski definition) is 2. The van der Waals surface area contributed by atoms with Crippen LogP contribution in [-0.2, 0) is 16.4 Å². The summed E-state index contributed by atoms with van der Waals surface area (Å²) in [5.41, 5.74) is 7.97. The minimum absolute atomic E-state index is 0.0237. The van der Waals surface area contributed by atoms with Crippen molar-refractivity contribution >= 4 is 33.3 Å². The van der Waals surface area contributed by atoms with Crippen molar-refractivity contribution in [1.29, 1.82) is 10.5 Å². The summed E-state index contributed by atoms with van der Waals surface area (Å²) >= 11 is 1.23. The molecule has 1 heterocycles. The molecular formula is C24H20F3N5O3S2. The Morgan fingerprint density at radius 1 is 1.11 bits per heavy atom. The van der Waals surface area contributed by atoms with Gasteiger partial charge in [-0.1, -0.05) is 24.3 Å². The molecule has 0 saturated carbocycles. The molecule has 0 saturated heterocycles. The van der Waals surface area contributed by atoms with Crippen LogP contribution < -0.4 is 15.2 Å². The van der Waals surface area contributed by atoms with Crippen molar-refractivity contribution in [3.05, 3.63) is 65.2 Å². The van der Waals surface area contributed by atoms with E-state index in [1.165, 1.54) is 36.0 Å². The molecule has 8 nitrogen and oxygen atoms in total. The second kappa shape index (κ2) is 11.4. The van der Waals surface area contributed by atoms with Gasteiger partial charge >= 0.3 is 6.18 Å². The van der Waals surface area contributed by atoms with Crippen molar-refractivity contribution < 1.29 is 26.3 Å². The lowest BCUT2D eigenvalue weighted by molar-refractivity contribution is -0.153. The number of nitrogen functional groups attached to an aromatic ring is 1. The predicted molar refractivity (Wildman–Crippen MR) is 134 cm³/mol. The number of sulfonamides is 1. The van der Waals surface area contributed by atoms with E-state index >= 15 is 0 Å². The van der Waals surface area contributed by atoms with Crippen LogP contribution in [0.15, 0.2) is 53.6 Å². The normalized spacial score (nSPS) is 11.4. The van der Waals surface area contributed by atoms with E-state index in [-0.39, 0.29) is 33.3 Å². The van der Waals surface area contributed by atoms with Gasteiger partial charge in [0, 0.05) is 17.0 Å². The third-order valence-corrected chi connectivity index (χ3v) is 6.40. The van der Waals surface area contributed by atoms with E-state index in [0.717, 1.165) is 11.8 Å². The topological polar surface area (TPSA) is 142 Å². The molecule has 1 aromatic heterocycles. The molecule has 0 aliphatic heterocycles. The predicted octanol–water partition coefficient (Wildman–Crippen LogP) is 4.72. The van der Waals surface area contributed by atoms with E-state index in [9.17, 15) is 32.1 Å². The molecule has 2 aromatic carbocycles. The number of aromatic nitrogens is 1. The lowest BCUT2D eigenvalue weighted by atomic mass is 9.97. The zero-order valence-corrected chi connectivity index (χ0v) is 21.0. The number of nitriles is 2. The Morgan fingerprint density at radius 3 is 2.38 bits per heavy atom. The zero-order chi connectivity index (χ0) is 27.2. The van der Waals surface area contributed by atoms with Crippen molar-refractivity contribution in [2.45, 2.75) is 17.6 Å². The van der Waals surface area contributed by atoms with Gasteiger partial charge in [-0.15, -0.1) is 11.8 Å². The van der Waals surface area contributed by atoms with Crippen molar-refractivity contribution in [3.63, 3.8) is 0 Å². The van der Waals surface area contributed by atoms with E-state index in [1.807, 2.05) is 12.1 Å². The number of nitrogens with zero attached hydrogens (tertiary/aromatic N) is 3. The van der Waals surface area contributed by atoms with Gasteiger partial charge in [-0.25, -0.2) is 13.4 Å². The molecule has 37 heavy (non-hydrogen) atoms. The number of anilines is 2. The molecule has 0 unspecified atom stereocenters. The van der Waals surface area contributed by atoms with E-state index < -0.39 is 22.8 Å². The maximum absolute atomic E-state index is 12.4. The second-order valence-electron chi connectivity index (χ2n) is 7.75. The Kier molecular flexibility index (Phi) is 8.53. The highest BCUT2D eigenvalue weighted by Crippen LogP contribution is 2.36. The number of rotatable bonds is 9. The molecule has 192 valence electrons. The summed E-state index contributed by atoms with van der Waals surface area (Å²) in [4.78, 5) is 4.23. The maximum Gasteiger partial charge on any atom is 0.422 e. The number of benzene rings is 2. The summed E-state index contributed by atoms with van der Waals surface area (Å²) < 4.78 is 67.3. The molecule has 0 radical (unpaired) electrons. The first kappa shape index (κ1) is 27.6. The number of ether oxygens (including phenoxy) is 1. The van der Waals surface area contributed by atoms with Crippen LogP contribution in [0.4, 0.5) is 24.7 Å². The Hall–Kier alpha value is -3.94. The molecule has 0 spiro atoms. The largest absolute Gasteiger partial charge is 0.484 e. The summed E-state index contributed by atoms with van der Waals surface area (Å²) in [6.45, 7) is -1.45. The molecule has 3 rings (SSSR count). The fraction of sp³-hybridized carbons (Fsp3) is 0.208. The number of nitrogens with one attached hydrogen (secondary N) is 1. The van der Waals surface area contributed by atoms with Gasteiger partial charge in [-0.05, 0) is 41.8 Å². The van der Waals surface area contributed by atoms with Gasteiger partial charge in [0.05, 0.1) is 11.8 Å². The van der Waals surface area contributed by atoms with Gasteiger partial charge in [-0.3, -0.25) is 4.72 Å². The highest BCUT2D eigenvalue weighted by atomic mass is 32.2. The smallest absolute Gasteiger partial charge is 0.422 e. The van der Waals surface area contributed by atoms with E-state index in [0.29, 0.717) is 23.4 Å². The van der Waals surface area contributed by atoms with E-state index in [1.54, 1.807) is 18.2 Å². The van der Waals surface area contributed by atoms with Crippen molar-refractivity contribution in [2.24, 2.45) is 0 Å². The van der Waals surface area contributed by atoms with Gasteiger partial charge in [0.2, 0.25) is 10.0 Å². The van der Waals surface area contributed by atoms with Crippen LogP contribution in [0.3, 0.4) is 0 Å². The number of hydrogen-bond acceptors (Lipinski definition) is 8. The number of alkyl halides is 3. The minimum atomic E-state index is -4.49. The van der Waals surface area contributed by atoms with Crippen LogP contribution in [0.2, 0.25) is 0 Å². The van der Waals surface area contributed by atoms with Gasteiger partial charge in [0.1, 0.15) is 34.3 Å². The standard InChI is InChI=1S/C24H20F3N5O3S2/c1-37(33,34)32-17-4-2-3-15(11-17)9-10-36-23-20(13-29)21(19(12-28)22(30)31-23)16-5-7-18(8-6-16)35-14-24(25,26)27/h2-8,11,32H,9-10,14H2,1H3,(H2,30,31). The first-order valence-electron chi connectivity index (χ1n) is 10.5. The third kappa shape index (κ3) is 7.77. The highest BCUT2D eigenvalue weighted by Gasteiger charge is 2.28.